The highest BCUT2D eigenvalue weighted by Gasteiger charge is 2.18. The van der Waals surface area contributed by atoms with Crippen LogP contribution in [0.15, 0.2) is 60.5 Å². The molecule has 0 saturated carbocycles. The maximum absolute atomic E-state index is 4.87. The van der Waals surface area contributed by atoms with E-state index in [-0.39, 0.29) is 0 Å². The van der Waals surface area contributed by atoms with Gasteiger partial charge < -0.3 is 10.2 Å². The summed E-state index contributed by atoms with van der Waals surface area (Å²) in [6, 6.07) is 4.53. The van der Waals surface area contributed by atoms with E-state index in [4.69, 9.17) is 4.98 Å². The normalized spacial score (nSPS) is 15.4. The molecule has 3 heteroatoms. The van der Waals surface area contributed by atoms with Gasteiger partial charge in [-0.2, -0.15) is 0 Å². The molecule has 0 amide bonds. The maximum atomic E-state index is 4.87. The third-order valence-corrected chi connectivity index (χ3v) is 8.90. The number of unbranched alkanes of at least 4 members (excludes halogenated alkanes) is 13. The lowest BCUT2D eigenvalue weighted by molar-refractivity contribution is 0.427. The first-order valence-corrected chi connectivity index (χ1v) is 17.3. The first-order valence-electron chi connectivity index (χ1n) is 17.3. The van der Waals surface area contributed by atoms with Crippen molar-refractivity contribution >= 4 is 5.82 Å². The van der Waals surface area contributed by atoms with Crippen LogP contribution in [0.4, 0.5) is 5.82 Å². The van der Waals surface area contributed by atoms with E-state index < -0.39 is 0 Å². The van der Waals surface area contributed by atoms with Crippen molar-refractivity contribution < 1.29 is 0 Å². The summed E-state index contributed by atoms with van der Waals surface area (Å²) in [4.78, 5) is 7.28. The smallest absolute Gasteiger partial charge is 0.129 e. The van der Waals surface area contributed by atoms with Crippen LogP contribution in [0.3, 0.4) is 0 Å². The zero-order valence-electron chi connectivity index (χ0n) is 26.8. The van der Waals surface area contributed by atoms with Gasteiger partial charge in [0.25, 0.3) is 0 Å². The number of anilines is 1. The Bertz CT molecular complexity index is 972. The summed E-state index contributed by atoms with van der Waals surface area (Å²) in [5.41, 5.74) is 6.53. The molecule has 1 N–H and O–H groups in total. The van der Waals surface area contributed by atoms with Crippen LogP contribution >= 0.6 is 0 Å². The van der Waals surface area contributed by atoms with E-state index in [0.717, 1.165) is 43.9 Å². The standard InChI is InChI=1S/C38H61N3/c1-5-6-7-8-9-10-11-12-13-16-19-29-41-31-36(25-24-33(41)4)35(30-32(2)3)21-17-14-15-18-23-37-27-26-34-22-20-28-39-38(34)40-37/h24-27,31,35H,2,4-23,28-30H2,1,3H3,(H,39,40). The number of fused-ring (bicyclic) bond motifs is 1. The van der Waals surface area contributed by atoms with Gasteiger partial charge in [0, 0.05) is 30.7 Å². The lowest BCUT2D eigenvalue weighted by atomic mass is 9.86. The zero-order valence-corrected chi connectivity index (χ0v) is 26.8. The lowest BCUT2D eigenvalue weighted by Gasteiger charge is -2.29. The lowest BCUT2D eigenvalue weighted by Crippen LogP contribution is -2.21. The molecule has 1 aromatic heterocycles. The molecule has 3 nitrogen and oxygen atoms in total. The van der Waals surface area contributed by atoms with Crippen molar-refractivity contribution in [1.82, 2.24) is 9.88 Å². The summed E-state index contributed by atoms with van der Waals surface area (Å²) in [5.74, 6) is 1.69. The number of rotatable bonds is 22. The van der Waals surface area contributed by atoms with Crippen LogP contribution in [-0.4, -0.2) is 23.0 Å². The van der Waals surface area contributed by atoms with Gasteiger partial charge in [-0.05, 0) is 81.1 Å². The molecule has 1 unspecified atom stereocenters. The van der Waals surface area contributed by atoms with Crippen molar-refractivity contribution in [3.63, 3.8) is 0 Å². The van der Waals surface area contributed by atoms with E-state index in [1.165, 1.54) is 132 Å². The summed E-state index contributed by atoms with van der Waals surface area (Å²) in [5, 5.41) is 3.47. The number of allylic oxidation sites excluding steroid dienone is 4. The Labute approximate surface area is 253 Å². The maximum Gasteiger partial charge on any atom is 0.129 e. The first-order chi connectivity index (χ1) is 20.1. The first kappa shape index (κ1) is 33.2. The molecule has 0 aliphatic carbocycles. The van der Waals surface area contributed by atoms with E-state index in [1.54, 1.807) is 0 Å². The number of hydrogen-bond acceptors (Lipinski definition) is 3. The second-order valence-corrected chi connectivity index (χ2v) is 12.8. The second-order valence-electron chi connectivity index (χ2n) is 12.8. The SMILES string of the molecule is C=C(C)CC(CCCCCCc1ccc2c(n1)NCCC2)C1=CN(CCCCCCCCCCCCC)C(=C)C=C1. The monoisotopic (exact) mass is 559 g/mol. The van der Waals surface area contributed by atoms with Crippen LogP contribution in [0.1, 0.15) is 141 Å². The van der Waals surface area contributed by atoms with Crippen LogP contribution in [0.25, 0.3) is 0 Å². The van der Waals surface area contributed by atoms with E-state index in [9.17, 15) is 0 Å². The van der Waals surface area contributed by atoms with Crippen molar-refractivity contribution in [2.45, 2.75) is 142 Å². The average Bonchev–Trinajstić information content (AvgIpc) is 2.97. The van der Waals surface area contributed by atoms with Gasteiger partial charge in [-0.25, -0.2) is 4.98 Å². The number of nitrogens with one attached hydrogen (secondary N) is 1. The summed E-state index contributed by atoms with van der Waals surface area (Å²) in [6.45, 7) is 15.2. The minimum atomic E-state index is 0.560. The molecule has 2 aliphatic rings. The van der Waals surface area contributed by atoms with Gasteiger partial charge in [0.15, 0.2) is 0 Å². The van der Waals surface area contributed by atoms with E-state index in [2.05, 4.69) is 67.7 Å². The Morgan fingerprint density at radius 2 is 1.59 bits per heavy atom. The van der Waals surface area contributed by atoms with Crippen LogP contribution in [0.5, 0.6) is 0 Å². The van der Waals surface area contributed by atoms with E-state index in [0.29, 0.717) is 5.92 Å². The molecule has 3 heterocycles. The van der Waals surface area contributed by atoms with Gasteiger partial charge >= 0.3 is 0 Å². The number of pyridine rings is 1. The molecular weight excluding hydrogens is 498 g/mol. The van der Waals surface area contributed by atoms with Crippen LogP contribution in [0.2, 0.25) is 0 Å². The van der Waals surface area contributed by atoms with Crippen LogP contribution < -0.4 is 5.32 Å². The Morgan fingerprint density at radius 1 is 0.902 bits per heavy atom. The molecule has 1 atom stereocenters. The fraction of sp³-hybridized carbons (Fsp3) is 0.658. The highest BCUT2D eigenvalue weighted by molar-refractivity contribution is 5.47. The summed E-state index contributed by atoms with van der Waals surface area (Å²) in [6.07, 6.45) is 33.1. The van der Waals surface area contributed by atoms with Gasteiger partial charge in [0.05, 0.1) is 0 Å². The third kappa shape index (κ3) is 13.0. The molecule has 0 radical (unpaired) electrons. The topological polar surface area (TPSA) is 28.2 Å². The number of nitrogens with zero attached hydrogens (tertiary/aromatic N) is 2. The summed E-state index contributed by atoms with van der Waals surface area (Å²) in [7, 11) is 0. The Morgan fingerprint density at radius 3 is 2.32 bits per heavy atom. The van der Waals surface area contributed by atoms with Gasteiger partial charge in [-0.1, -0.05) is 115 Å². The molecule has 1 aromatic rings. The summed E-state index contributed by atoms with van der Waals surface area (Å²) < 4.78 is 0. The van der Waals surface area contributed by atoms with Gasteiger partial charge in [-0.15, -0.1) is 6.58 Å². The highest BCUT2D eigenvalue weighted by Crippen LogP contribution is 2.30. The quantitative estimate of drug-likeness (QED) is 0.113. The molecule has 0 bridgehead atoms. The molecule has 0 fully saturated rings. The minimum absolute atomic E-state index is 0.560. The number of hydrogen-bond donors (Lipinski definition) is 1. The fourth-order valence-corrected chi connectivity index (χ4v) is 6.36. The third-order valence-electron chi connectivity index (χ3n) is 8.90. The van der Waals surface area contributed by atoms with Gasteiger partial charge in [0.1, 0.15) is 5.82 Å². The molecule has 2 aliphatic heterocycles. The Kier molecular flexibility index (Phi) is 16.0. The molecule has 228 valence electrons. The van der Waals surface area contributed by atoms with Crippen molar-refractivity contribution in [1.29, 1.82) is 0 Å². The fourth-order valence-electron chi connectivity index (χ4n) is 6.36. The molecule has 0 aromatic carbocycles. The largest absolute Gasteiger partial charge is 0.370 e. The molecular formula is C38H61N3. The molecule has 3 rings (SSSR count). The van der Waals surface area contributed by atoms with Gasteiger partial charge in [0.2, 0.25) is 0 Å². The minimum Gasteiger partial charge on any atom is -0.370 e. The van der Waals surface area contributed by atoms with Gasteiger partial charge in [-0.3, -0.25) is 0 Å². The van der Waals surface area contributed by atoms with E-state index in [1.807, 2.05) is 0 Å². The van der Waals surface area contributed by atoms with Crippen molar-refractivity contribution in [2.24, 2.45) is 5.92 Å². The Balaban J connectivity index is 1.33. The molecule has 0 spiro atoms. The second kappa shape index (κ2) is 19.8. The zero-order chi connectivity index (χ0) is 29.1. The van der Waals surface area contributed by atoms with Crippen molar-refractivity contribution in [3.05, 3.63) is 71.7 Å². The predicted molar refractivity (Wildman–Crippen MR) is 180 cm³/mol. The highest BCUT2D eigenvalue weighted by atomic mass is 15.1. The summed E-state index contributed by atoms with van der Waals surface area (Å²) >= 11 is 0. The number of aryl methyl sites for hydroxylation is 2. The number of aromatic nitrogens is 1. The van der Waals surface area contributed by atoms with Crippen LogP contribution in [-0.2, 0) is 12.8 Å². The van der Waals surface area contributed by atoms with Crippen LogP contribution in [0, 0.1) is 5.92 Å². The van der Waals surface area contributed by atoms with Crippen molar-refractivity contribution in [2.75, 3.05) is 18.4 Å². The predicted octanol–water partition coefficient (Wildman–Crippen LogP) is 11.1. The van der Waals surface area contributed by atoms with E-state index >= 15 is 0 Å². The Hall–Kier alpha value is -2.29. The average molecular weight is 560 g/mol. The van der Waals surface area contributed by atoms with Crippen molar-refractivity contribution in [3.8, 4) is 0 Å². The molecule has 41 heavy (non-hydrogen) atoms. The molecule has 0 saturated heterocycles.